The minimum atomic E-state index is 0.919. The first-order valence-electron chi connectivity index (χ1n) is 16.2. The number of para-hydroxylation sites is 2. The Balaban J connectivity index is 1.26. The van der Waals surface area contributed by atoms with Crippen LogP contribution < -0.4 is 4.90 Å². The number of fused-ring (bicyclic) bond motifs is 4. The van der Waals surface area contributed by atoms with E-state index in [9.17, 15) is 0 Å². The Kier molecular flexibility index (Phi) is 7.11. The van der Waals surface area contributed by atoms with Gasteiger partial charge in [-0.05, 0) is 112 Å². The van der Waals surface area contributed by atoms with Crippen LogP contribution in [0.3, 0.4) is 0 Å². The van der Waals surface area contributed by atoms with E-state index < -0.39 is 0 Å². The molecule has 8 aromatic rings. The first-order valence-corrected chi connectivity index (χ1v) is 16.2. The van der Waals surface area contributed by atoms with Gasteiger partial charge in [0.1, 0.15) is 11.2 Å². The molecule has 0 N–H and O–H groups in total. The molecule has 2 heteroatoms. The van der Waals surface area contributed by atoms with Crippen LogP contribution in [0.15, 0.2) is 156 Å². The predicted molar refractivity (Wildman–Crippen MR) is 196 cm³/mol. The average Bonchev–Trinajstić information content (AvgIpc) is 3.51. The van der Waals surface area contributed by atoms with Crippen molar-refractivity contribution in [1.82, 2.24) is 0 Å². The maximum atomic E-state index is 6.27. The molecule has 0 saturated carbocycles. The molecule has 0 aliphatic carbocycles. The van der Waals surface area contributed by atoms with Crippen LogP contribution in [0.2, 0.25) is 0 Å². The minimum absolute atomic E-state index is 0.919. The van der Waals surface area contributed by atoms with E-state index in [1.54, 1.807) is 0 Å². The summed E-state index contributed by atoms with van der Waals surface area (Å²) in [6.07, 6.45) is 1.87. The van der Waals surface area contributed by atoms with Crippen LogP contribution in [-0.4, -0.2) is 0 Å². The topological polar surface area (TPSA) is 16.4 Å². The quantitative estimate of drug-likeness (QED) is 0.183. The maximum Gasteiger partial charge on any atom is 0.135 e. The summed E-state index contributed by atoms with van der Waals surface area (Å²) in [6, 6.07) is 54.6. The highest BCUT2D eigenvalue weighted by atomic mass is 16.3. The third-order valence-electron chi connectivity index (χ3n) is 9.25. The van der Waals surface area contributed by atoms with E-state index in [0.717, 1.165) is 41.1 Å². The van der Waals surface area contributed by atoms with Crippen LogP contribution in [0.25, 0.3) is 55.0 Å². The lowest BCUT2D eigenvalue weighted by atomic mass is 9.90. The standard InChI is InChI=1S/C44H35NO/c1-3-30-20-25-37(29-41(30)39-26-27-43-44(38(39)4-2)40-16-10-11-17-42(40)46-43)45(35-14-6-5-7-15-35)36-23-21-32(22-24-36)34-19-18-31-12-8-9-13-33(31)28-34/h5-29H,3-4H2,1-2H3. The molecule has 7 aromatic carbocycles. The van der Waals surface area contributed by atoms with Gasteiger partial charge < -0.3 is 9.32 Å². The molecular weight excluding hydrogens is 558 g/mol. The maximum absolute atomic E-state index is 6.27. The van der Waals surface area contributed by atoms with Crippen LogP contribution >= 0.6 is 0 Å². The molecule has 0 aliphatic heterocycles. The summed E-state index contributed by atoms with van der Waals surface area (Å²) in [5.41, 5.74) is 12.9. The number of furan rings is 1. The normalized spacial score (nSPS) is 11.4. The summed E-state index contributed by atoms with van der Waals surface area (Å²) in [5, 5.41) is 4.93. The van der Waals surface area contributed by atoms with Gasteiger partial charge in [-0.2, -0.15) is 0 Å². The molecule has 0 atom stereocenters. The fraction of sp³-hybridized carbons (Fsp3) is 0.0909. The van der Waals surface area contributed by atoms with Gasteiger partial charge in [0.25, 0.3) is 0 Å². The van der Waals surface area contributed by atoms with Gasteiger partial charge in [0.2, 0.25) is 0 Å². The van der Waals surface area contributed by atoms with E-state index in [-0.39, 0.29) is 0 Å². The van der Waals surface area contributed by atoms with Crippen molar-refractivity contribution in [2.24, 2.45) is 0 Å². The molecule has 0 unspecified atom stereocenters. The first kappa shape index (κ1) is 27.9. The number of rotatable bonds is 7. The van der Waals surface area contributed by atoms with E-state index in [1.165, 1.54) is 54.9 Å². The number of hydrogen-bond acceptors (Lipinski definition) is 2. The Bertz CT molecular complexity index is 2330. The van der Waals surface area contributed by atoms with Crippen LogP contribution in [0, 0.1) is 0 Å². The zero-order valence-corrected chi connectivity index (χ0v) is 26.2. The highest BCUT2D eigenvalue weighted by Crippen LogP contribution is 2.42. The predicted octanol–water partition coefficient (Wildman–Crippen LogP) is 12.7. The van der Waals surface area contributed by atoms with Crippen molar-refractivity contribution in [3.8, 4) is 22.3 Å². The van der Waals surface area contributed by atoms with Gasteiger partial charge in [-0.15, -0.1) is 0 Å². The monoisotopic (exact) mass is 593 g/mol. The summed E-state index contributed by atoms with van der Waals surface area (Å²) in [4.78, 5) is 2.37. The van der Waals surface area contributed by atoms with Gasteiger partial charge >= 0.3 is 0 Å². The van der Waals surface area contributed by atoms with Crippen LogP contribution in [0.4, 0.5) is 17.1 Å². The lowest BCUT2D eigenvalue weighted by molar-refractivity contribution is 0.668. The molecule has 1 aromatic heterocycles. The van der Waals surface area contributed by atoms with E-state index in [1.807, 2.05) is 6.07 Å². The van der Waals surface area contributed by atoms with Gasteiger partial charge in [-0.25, -0.2) is 0 Å². The van der Waals surface area contributed by atoms with E-state index in [4.69, 9.17) is 4.42 Å². The lowest BCUT2D eigenvalue weighted by Crippen LogP contribution is -2.10. The van der Waals surface area contributed by atoms with Gasteiger partial charge in [0.05, 0.1) is 0 Å². The fourth-order valence-corrected chi connectivity index (χ4v) is 6.97. The summed E-state index contributed by atoms with van der Waals surface area (Å²) < 4.78 is 6.27. The van der Waals surface area contributed by atoms with Crippen LogP contribution in [0.5, 0.6) is 0 Å². The second kappa shape index (κ2) is 11.7. The summed E-state index contributed by atoms with van der Waals surface area (Å²) in [5.74, 6) is 0. The average molecular weight is 594 g/mol. The van der Waals surface area contributed by atoms with Gasteiger partial charge in [-0.1, -0.05) is 111 Å². The molecule has 46 heavy (non-hydrogen) atoms. The van der Waals surface area contributed by atoms with Gasteiger partial charge in [-0.3, -0.25) is 0 Å². The minimum Gasteiger partial charge on any atom is -0.456 e. The van der Waals surface area contributed by atoms with Crippen LogP contribution in [0.1, 0.15) is 25.0 Å². The SMILES string of the molecule is CCc1ccc(N(c2ccccc2)c2ccc(-c3ccc4ccccc4c3)cc2)cc1-c1ccc2oc3ccccc3c2c1CC. The highest BCUT2D eigenvalue weighted by Gasteiger charge is 2.19. The largest absolute Gasteiger partial charge is 0.456 e. The Morgan fingerprint density at radius 1 is 0.478 bits per heavy atom. The number of nitrogens with zero attached hydrogens (tertiary/aromatic N) is 1. The number of benzene rings is 7. The molecule has 1 heterocycles. The Labute approximate surface area is 270 Å². The van der Waals surface area contributed by atoms with Crippen molar-refractivity contribution < 1.29 is 4.42 Å². The Morgan fingerprint density at radius 3 is 1.98 bits per heavy atom. The molecule has 0 fully saturated rings. The van der Waals surface area contributed by atoms with E-state index in [0.29, 0.717) is 0 Å². The number of hydrogen-bond donors (Lipinski definition) is 0. The molecule has 0 bridgehead atoms. The van der Waals surface area contributed by atoms with E-state index in [2.05, 4.69) is 164 Å². The summed E-state index contributed by atoms with van der Waals surface area (Å²) >= 11 is 0. The molecule has 222 valence electrons. The summed E-state index contributed by atoms with van der Waals surface area (Å²) in [7, 11) is 0. The zero-order valence-electron chi connectivity index (χ0n) is 26.2. The second-order valence-corrected chi connectivity index (χ2v) is 11.9. The van der Waals surface area contributed by atoms with Crippen molar-refractivity contribution in [3.63, 3.8) is 0 Å². The second-order valence-electron chi connectivity index (χ2n) is 11.9. The molecule has 0 amide bonds. The van der Waals surface area contributed by atoms with Crippen molar-refractivity contribution in [2.45, 2.75) is 26.7 Å². The lowest BCUT2D eigenvalue weighted by Gasteiger charge is -2.27. The number of aryl methyl sites for hydroxylation is 2. The Morgan fingerprint density at radius 2 is 1.17 bits per heavy atom. The van der Waals surface area contributed by atoms with Gasteiger partial charge in [0.15, 0.2) is 0 Å². The smallest absolute Gasteiger partial charge is 0.135 e. The number of anilines is 3. The molecule has 2 nitrogen and oxygen atoms in total. The van der Waals surface area contributed by atoms with Crippen molar-refractivity contribution >= 4 is 49.8 Å². The molecular formula is C44H35NO. The van der Waals surface area contributed by atoms with Crippen molar-refractivity contribution in [3.05, 3.63) is 163 Å². The van der Waals surface area contributed by atoms with Crippen molar-refractivity contribution in [1.29, 1.82) is 0 Å². The Hall–Kier alpha value is -5.60. The van der Waals surface area contributed by atoms with Gasteiger partial charge in [0, 0.05) is 27.8 Å². The first-order chi connectivity index (χ1) is 22.7. The fourth-order valence-electron chi connectivity index (χ4n) is 6.97. The summed E-state index contributed by atoms with van der Waals surface area (Å²) in [6.45, 7) is 4.50. The van der Waals surface area contributed by atoms with E-state index >= 15 is 0 Å². The van der Waals surface area contributed by atoms with Crippen molar-refractivity contribution in [2.75, 3.05) is 4.90 Å². The third kappa shape index (κ3) is 4.83. The molecule has 0 saturated heterocycles. The zero-order chi connectivity index (χ0) is 31.0. The van der Waals surface area contributed by atoms with Crippen LogP contribution in [-0.2, 0) is 12.8 Å². The molecule has 0 radical (unpaired) electrons. The molecule has 8 rings (SSSR count). The highest BCUT2D eigenvalue weighted by molar-refractivity contribution is 6.09. The molecule has 0 aliphatic rings. The third-order valence-corrected chi connectivity index (χ3v) is 9.25. The molecule has 0 spiro atoms.